The minimum absolute atomic E-state index is 0.0249. The molecule has 1 atom stereocenters. The monoisotopic (exact) mass is 345 g/mol. The average molecular weight is 345 g/mol. The van der Waals surface area contributed by atoms with Crippen LogP contribution in [0.1, 0.15) is 44.2 Å². The number of aromatic nitrogens is 4. The Morgan fingerprint density at radius 1 is 1.33 bits per heavy atom. The second-order valence-corrected chi connectivity index (χ2v) is 7.44. The van der Waals surface area contributed by atoms with Crippen molar-refractivity contribution in [2.75, 3.05) is 6.54 Å². The van der Waals surface area contributed by atoms with Crippen molar-refractivity contribution >= 4 is 17.7 Å². The van der Waals surface area contributed by atoms with E-state index in [2.05, 4.69) is 33.0 Å². The lowest BCUT2D eigenvalue weighted by Gasteiger charge is -2.14. The maximum absolute atomic E-state index is 12.3. The van der Waals surface area contributed by atoms with E-state index in [4.69, 9.17) is 0 Å². The van der Waals surface area contributed by atoms with Crippen molar-refractivity contribution in [3.63, 3.8) is 0 Å². The van der Waals surface area contributed by atoms with Gasteiger partial charge in [-0.2, -0.15) is 0 Å². The molecule has 0 aliphatic heterocycles. The number of rotatable bonds is 7. The number of thioether (sulfide) groups is 1. The lowest BCUT2D eigenvalue weighted by Crippen LogP contribution is -2.32. The molecule has 1 saturated carbocycles. The van der Waals surface area contributed by atoms with E-state index in [1.165, 1.54) is 30.2 Å². The van der Waals surface area contributed by atoms with Gasteiger partial charge in [0.2, 0.25) is 11.1 Å². The van der Waals surface area contributed by atoms with Crippen LogP contribution in [0.25, 0.3) is 0 Å². The molecule has 1 fully saturated rings. The van der Waals surface area contributed by atoms with E-state index < -0.39 is 0 Å². The van der Waals surface area contributed by atoms with Crippen molar-refractivity contribution in [1.29, 1.82) is 0 Å². The molecule has 1 aromatic carbocycles. The fourth-order valence-electron chi connectivity index (χ4n) is 2.97. The lowest BCUT2D eigenvalue weighted by atomic mass is 10.1. The van der Waals surface area contributed by atoms with E-state index in [1.807, 2.05) is 29.8 Å². The summed E-state index contributed by atoms with van der Waals surface area (Å²) in [6.45, 7) is 2.54. The molecule has 1 N–H and O–H groups in total. The average Bonchev–Trinajstić information content (AvgIpc) is 3.26. The summed E-state index contributed by atoms with van der Waals surface area (Å²) in [5, 5.41) is 15.5. The van der Waals surface area contributed by atoms with Crippen molar-refractivity contribution in [2.24, 2.45) is 0 Å². The topological polar surface area (TPSA) is 72.7 Å². The van der Waals surface area contributed by atoms with Crippen LogP contribution in [0.4, 0.5) is 0 Å². The van der Waals surface area contributed by atoms with Gasteiger partial charge in [-0.1, -0.05) is 54.9 Å². The largest absolute Gasteiger partial charge is 0.355 e. The minimum Gasteiger partial charge on any atom is -0.355 e. The number of hydrogen-bond donors (Lipinski definition) is 1. The van der Waals surface area contributed by atoms with Gasteiger partial charge >= 0.3 is 0 Å². The van der Waals surface area contributed by atoms with E-state index in [1.54, 1.807) is 0 Å². The van der Waals surface area contributed by atoms with E-state index in [0.717, 1.165) is 24.4 Å². The molecule has 24 heavy (non-hydrogen) atoms. The van der Waals surface area contributed by atoms with Gasteiger partial charge in [-0.25, -0.2) is 4.68 Å². The van der Waals surface area contributed by atoms with Crippen LogP contribution in [0.15, 0.2) is 35.5 Å². The van der Waals surface area contributed by atoms with Gasteiger partial charge in [0.15, 0.2) is 0 Å². The molecule has 0 bridgehead atoms. The summed E-state index contributed by atoms with van der Waals surface area (Å²) < 4.78 is 1.89. The Hall–Kier alpha value is -1.89. The summed E-state index contributed by atoms with van der Waals surface area (Å²) in [6.07, 6.45) is 5.53. The third-order valence-corrected chi connectivity index (χ3v) is 5.39. The van der Waals surface area contributed by atoms with Crippen LogP contribution in [0, 0.1) is 0 Å². The molecule has 2 aromatic rings. The molecule has 0 saturated heterocycles. The van der Waals surface area contributed by atoms with Gasteiger partial charge in [0, 0.05) is 6.54 Å². The highest BCUT2D eigenvalue weighted by Gasteiger charge is 2.24. The van der Waals surface area contributed by atoms with E-state index in [-0.39, 0.29) is 11.2 Å². The van der Waals surface area contributed by atoms with Crippen molar-refractivity contribution in [3.05, 3.63) is 35.9 Å². The molecule has 1 amide bonds. The fourth-order valence-corrected chi connectivity index (χ4v) is 3.85. The van der Waals surface area contributed by atoms with Gasteiger partial charge in [0.1, 0.15) is 0 Å². The van der Waals surface area contributed by atoms with Crippen LogP contribution in [0.5, 0.6) is 0 Å². The fraction of sp³-hybridized carbons (Fsp3) is 0.529. The standard InChI is InChI=1S/C17H23N5OS/c1-13(16(23)18-12-11-14-7-3-2-4-8-14)24-17-19-20-21-22(17)15-9-5-6-10-15/h2-4,7-8,13,15H,5-6,9-12H2,1H3,(H,18,23). The van der Waals surface area contributed by atoms with Crippen LogP contribution in [-0.4, -0.2) is 37.9 Å². The Morgan fingerprint density at radius 2 is 2.08 bits per heavy atom. The molecular formula is C17H23N5OS. The summed E-state index contributed by atoms with van der Waals surface area (Å²) in [4.78, 5) is 12.3. The van der Waals surface area contributed by atoms with Crippen LogP contribution >= 0.6 is 11.8 Å². The highest BCUT2D eigenvalue weighted by Crippen LogP contribution is 2.32. The first-order valence-corrected chi connectivity index (χ1v) is 9.38. The van der Waals surface area contributed by atoms with Gasteiger partial charge in [-0.05, 0) is 42.2 Å². The molecule has 1 heterocycles. The number of benzene rings is 1. The summed E-state index contributed by atoms with van der Waals surface area (Å²) in [5.74, 6) is 0.0249. The highest BCUT2D eigenvalue weighted by molar-refractivity contribution is 8.00. The molecule has 1 unspecified atom stereocenters. The van der Waals surface area contributed by atoms with Gasteiger partial charge in [-0.3, -0.25) is 4.79 Å². The first-order chi connectivity index (χ1) is 11.7. The van der Waals surface area contributed by atoms with Crippen molar-refractivity contribution in [2.45, 2.75) is 55.5 Å². The maximum Gasteiger partial charge on any atom is 0.233 e. The summed E-state index contributed by atoms with van der Waals surface area (Å²) in [6, 6.07) is 10.5. The number of nitrogens with zero attached hydrogens (tertiary/aromatic N) is 4. The molecule has 6 nitrogen and oxygen atoms in total. The van der Waals surface area contributed by atoms with Crippen LogP contribution in [0.3, 0.4) is 0 Å². The molecular weight excluding hydrogens is 322 g/mol. The van der Waals surface area contributed by atoms with Crippen LogP contribution in [-0.2, 0) is 11.2 Å². The molecule has 0 radical (unpaired) electrons. The van der Waals surface area contributed by atoms with Crippen LogP contribution in [0.2, 0.25) is 0 Å². The quantitative estimate of drug-likeness (QED) is 0.781. The lowest BCUT2D eigenvalue weighted by molar-refractivity contribution is -0.120. The Balaban J connectivity index is 1.48. The third kappa shape index (κ3) is 4.35. The second kappa shape index (κ2) is 8.28. The number of hydrogen-bond acceptors (Lipinski definition) is 5. The predicted molar refractivity (Wildman–Crippen MR) is 93.8 cm³/mol. The second-order valence-electron chi connectivity index (χ2n) is 6.13. The summed E-state index contributed by atoms with van der Waals surface area (Å²) in [7, 11) is 0. The van der Waals surface area contributed by atoms with Crippen LogP contribution < -0.4 is 5.32 Å². The van der Waals surface area contributed by atoms with Gasteiger partial charge in [0.05, 0.1) is 11.3 Å². The SMILES string of the molecule is CC(Sc1nnnn1C1CCCC1)C(=O)NCCc1ccccc1. The van der Waals surface area contributed by atoms with Crippen molar-refractivity contribution in [3.8, 4) is 0 Å². The molecule has 1 aliphatic rings. The zero-order valence-corrected chi connectivity index (χ0v) is 14.7. The molecule has 7 heteroatoms. The van der Waals surface area contributed by atoms with Gasteiger partial charge in [-0.15, -0.1) is 5.10 Å². The summed E-state index contributed by atoms with van der Waals surface area (Å²) in [5.41, 5.74) is 1.23. The Kier molecular flexibility index (Phi) is 5.85. The third-order valence-electron chi connectivity index (χ3n) is 4.34. The molecule has 3 rings (SSSR count). The number of nitrogens with one attached hydrogen (secondary N) is 1. The van der Waals surface area contributed by atoms with E-state index in [0.29, 0.717) is 12.6 Å². The molecule has 0 spiro atoms. The normalized spacial score (nSPS) is 16.2. The van der Waals surface area contributed by atoms with Crippen molar-refractivity contribution < 1.29 is 4.79 Å². The maximum atomic E-state index is 12.3. The number of amides is 1. The van der Waals surface area contributed by atoms with Gasteiger partial charge < -0.3 is 5.32 Å². The Labute approximate surface area is 146 Å². The first-order valence-electron chi connectivity index (χ1n) is 8.50. The smallest absolute Gasteiger partial charge is 0.233 e. The van der Waals surface area contributed by atoms with E-state index in [9.17, 15) is 4.79 Å². The zero-order valence-electron chi connectivity index (χ0n) is 13.9. The molecule has 128 valence electrons. The van der Waals surface area contributed by atoms with Crippen molar-refractivity contribution in [1.82, 2.24) is 25.5 Å². The molecule has 1 aliphatic carbocycles. The Bertz CT molecular complexity index is 654. The molecule has 1 aromatic heterocycles. The zero-order chi connectivity index (χ0) is 16.8. The minimum atomic E-state index is -0.216. The van der Waals surface area contributed by atoms with Gasteiger partial charge in [0.25, 0.3) is 0 Å². The number of carbonyl (C=O) groups is 1. The highest BCUT2D eigenvalue weighted by atomic mass is 32.2. The number of tetrazole rings is 1. The van der Waals surface area contributed by atoms with E-state index >= 15 is 0 Å². The Morgan fingerprint density at radius 3 is 2.83 bits per heavy atom. The predicted octanol–water partition coefficient (Wildman–Crippen LogP) is 2.63. The summed E-state index contributed by atoms with van der Waals surface area (Å²) >= 11 is 1.43. The first kappa shape index (κ1) is 17.0. The number of carbonyl (C=O) groups excluding carboxylic acids is 1.